The van der Waals surface area contributed by atoms with Gasteiger partial charge in [-0.05, 0) is 26.8 Å². The third kappa shape index (κ3) is 2.68. The van der Waals surface area contributed by atoms with Crippen molar-refractivity contribution in [3.63, 3.8) is 0 Å². The van der Waals surface area contributed by atoms with Crippen molar-refractivity contribution >= 4 is 11.7 Å². The normalized spacial score (nSPS) is 13.2. The van der Waals surface area contributed by atoms with Crippen LogP contribution >= 0.6 is 0 Å². The number of ether oxygens (including phenoxy) is 1. The van der Waals surface area contributed by atoms with E-state index in [1.54, 1.807) is 19.9 Å². The third-order valence-electron chi connectivity index (χ3n) is 2.59. The molecule has 0 aliphatic heterocycles. The Labute approximate surface area is 110 Å². The number of esters is 1. The Hall–Kier alpha value is -2.49. The zero-order chi connectivity index (χ0) is 14.6. The van der Waals surface area contributed by atoms with Crippen LogP contribution in [0.1, 0.15) is 25.2 Å². The van der Waals surface area contributed by atoms with Gasteiger partial charge in [-0.25, -0.2) is 9.78 Å². The van der Waals surface area contributed by atoms with Crippen LogP contribution in [0.25, 0.3) is 0 Å². The first-order chi connectivity index (χ1) is 8.86. The van der Waals surface area contributed by atoms with E-state index in [1.807, 2.05) is 0 Å². The minimum absolute atomic E-state index is 0.0791. The minimum Gasteiger partial charge on any atom is -0.465 e. The van der Waals surface area contributed by atoms with Crippen molar-refractivity contribution in [3.05, 3.63) is 33.6 Å². The highest BCUT2D eigenvalue weighted by molar-refractivity contribution is 5.87. The second-order valence-electron chi connectivity index (χ2n) is 4.03. The first-order valence-corrected chi connectivity index (χ1v) is 5.57. The van der Waals surface area contributed by atoms with E-state index in [1.165, 1.54) is 19.1 Å². The van der Waals surface area contributed by atoms with Gasteiger partial charge >= 0.3 is 5.97 Å². The van der Waals surface area contributed by atoms with E-state index in [9.17, 15) is 20.2 Å². The fourth-order valence-electron chi connectivity index (χ4n) is 1.54. The smallest absolute Gasteiger partial charge is 0.332 e. The van der Waals surface area contributed by atoms with E-state index in [4.69, 9.17) is 4.74 Å². The number of aryl methyl sites for hydroxylation is 1. The number of carbonyl (C=O) groups is 1. The molecule has 1 rings (SSSR count). The summed E-state index contributed by atoms with van der Waals surface area (Å²) < 4.78 is 4.80. The number of nitro groups is 1. The molecule has 0 fully saturated rings. The molecule has 0 saturated heterocycles. The SMILES string of the molecule is CCOC(=O)C(C)(C#N)c1nc(C)ccc1[N+](=O)[O-]. The molecule has 0 bridgehead atoms. The number of nitrogens with zero attached hydrogens (tertiary/aromatic N) is 3. The van der Waals surface area contributed by atoms with E-state index < -0.39 is 16.3 Å². The Morgan fingerprint density at radius 1 is 1.63 bits per heavy atom. The zero-order valence-electron chi connectivity index (χ0n) is 10.8. The summed E-state index contributed by atoms with van der Waals surface area (Å²) >= 11 is 0. The van der Waals surface area contributed by atoms with Gasteiger partial charge < -0.3 is 4.74 Å². The van der Waals surface area contributed by atoms with Crippen molar-refractivity contribution < 1.29 is 14.5 Å². The second kappa shape index (κ2) is 5.44. The molecule has 0 spiro atoms. The Bertz CT molecular complexity index is 565. The fourth-order valence-corrected chi connectivity index (χ4v) is 1.54. The Morgan fingerprint density at radius 2 is 2.26 bits per heavy atom. The zero-order valence-corrected chi connectivity index (χ0v) is 10.8. The molecule has 1 heterocycles. The topological polar surface area (TPSA) is 106 Å². The number of carbonyl (C=O) groups excluding carboxylic acids is 1. The quantitative estimate of drug-likeness (QED) is 0.464. The van der Waals surface area contributed by atoms with Gasteiger partial charge in [0.15, 0.2) is 5.41 Å². The van der Waals surface area contributed by atoms with Gasteiger partial charge in [-0.1, -0.05) is 0 Å². The summed E-state index contributed by atoms with van der Waals surface area (Å²) in [5.74, 6) is -0.848. The highest BCUT2D eigenvalue weighted by atomic mass is 16.6. The largest absolute Gasteiger partial charge is 0.465 e. The molecule has 1 aromatic rings. The van der Waals surface area contributed by atoms with Crippen LogP contribution in [0.5, 0.6) is 0 Å². The van der Waals surface area contributed by atoms with Crippen LogP contribution in [0.2, 0.25) is 0 Å². The Kier molecular flexibility index (Phi) is 4.17. The summed E-state index contributed by atoms with van der Waals surface area (Å²) in [5, 5.41) is 20.2. The number of nitriles is 1. The van der Waals surface area contributed by atoms with Gasteiger partial charge in [-0.3, -0.25) is 10.1 Å². The van der Waals surface area contributed by atoms with E-state index >= 15 is 0 Å². The number of pyridine rings is 1. The molecule has 0 aliphatic carbocycles. The molecule has 0 radical (unpaired) electrons. The minimum atomic E-state index is -1.80. The Morgan fingerprint density at radius 3 is 2.74 bits per heavy atom. The van der Waals surface area contributed by atoms with Gasteiger partial charge in [0.05, 0.1) is 17.6 Å². The molecule has 0 N–H and O–H groups in total. The highest BCUT2D eigenvalue weighted by Gasteiger charge is 2.44. The molecular formula is C12H13N3O4. The molecule has 0 aliphatic rings. The van der Waals surface area contributed by atoms with E-state index in [0.717, 1.165) is 0 Å². The number of hydrogen-bond acceptors (Lipinski definition) is 6. The van der Waals surface area contributed by atoms with Crippen molar-refractivity contribution in [2.75, 3.05) is 6.61 Å². The lowest BCUT2D eigenvalue weighted by atomic mass is 9.87. The summed E-state index contributed by atoms with van der Waals surface area (Å²) in [6, 6.07) is 4.44. The van der Waals surface area contributed by atoms with Crippen molar-refractivity contribution in [2.24, 2.45) is 0 Å². The molecule has 0 saturated carbocycles. The van der Waals surface area contributed by atoms with Crippen LogP contribution < -0.4 is 0 Å². The molecule has 7 heteroatoms. The molecular weight excluding hydrogens is 250 g/mol. The fraction of sp³-hybridized carbons (Fsp3) is 0.417. The van der Waals surface area contributed by atoms with Crippen LogP contribution in [0.3, 0.4) is 0 Å². The predicted molar refractivity (Wildman–Crippen MR) is 65.2 cm³/mol. The molecule has 1 unspecified atom stereocenters. The summed E-state index contributed by atoms with van der Waals surface area (Å²) in [5.41, 5.74) is -1.89. The van der Waals surface area contributed by atoms with Gasteiger partial charge in [0.1, 0.15) is 5.69 Å². The highest BCUT2D eigenvalue weighted by Crippen LogP contribution is 2.31. The molecule has 1 atom stereocenters. The van der Waals surface area contributed by atoms with Crippen LogP contribution in [0, 0.1) is 28.4 Å². The van der Waals surface area contributed by atoms with Gasteiger partial charge in [0.2, 0.25) is 0 Å². The van der Waals surface area contributed by atoms with Crippen molar-refractivity contribution in [1.29, 1.82) is 5.26 Å². The van der Waals surface area contributed by atoms with E-state index in [0.29, 0.717) is 5.69 Å². The standard InChI is InChI=1S/C12H13N3O4/c1-4-19-11(16)12(3,7-13)10-9(15(17)18)6-5-8(2)14-10/h5-6H,4H2,1-3H3. The summed E-state index contributed by atoms with van der Waals surface area (Å²) in [7, 11) is 0. The van der Waals surface area contributed by atoms with Gasteiger partial charge in [-0.15, -0.1) is 0 Å². The van der Waals surface area contributed by atoms with Gasteiger partial charge in [0, 0.05) is 11.8 Å². The average molecular weight is 263 g/mol. The maximum Gasteiger partial charge on any atom is 0.332 e. The Balaban J connectivity index is 3.48. The monoisotopic (exact) mass is 263 g/mol. The lowest BCUT2D eigenvalue weighted by Gasteiger charge is -2.18. The summed E-state index contributed by atoms with van der Waals surface area (Å²) in [6.07, 6.45) is 0. The van der Waals surface area contributed by atoms with Crippen LogP contribution in [0.4, 0.5) is 5.69 Å². The van der Waals surface area contributed by atoms with Gasteiger partial charge in [0.25, 0.3) is 5.69 Å². The number of hydrogen-bond donors (Lipinski definition) is 0. The maximum absolute atomic E-state index is 11.9. The number of aromatic nitrogens is 1. The predicted octanol–water partition coefficient (Wildman–Crippen LogP) is 1.64. The average Bonchev–Trinajstić information content (AvgIpc) is 2.37. The maximum atomic E-state index is 11.9. The summed E-state index contributed by atoms with van der Waals surface area (Å²) in [6.45, 7) is 4.55. The molecule has 19 heavy (non-hydrogen) atoms. The molecule has 1 aromatic heterocycles. The van der Waals surface area contributed by atoms with Crippen molar-refractivity contribution in [2.45, 2.75) is 26.2 Å². The van der Waals surface area contributed by atoms with Crippen molar-refractivity contribution in [1.82, 2.24) is 4.98 Å². The van der Waals surface area contributed by atoms with E-state index in [-0.39, 0.29) is 18.0 Å². The first-order valence-electron chi connectivity index (χ1n) is 5.57. The second-order valence-corrected chi connectivity index (χ2v) is 4.03. The first kappa shape index (κ1) is 14.6. The van der Waals surface area contributed by atoms with Crippen LogP contribution in [-0.2, 0) is 14.9 Å². The summed E-state index contributed by atoms with van der Waals surface area (Å²) in [4.78, 5) is 26.2. The third-order valence-corrected chi connectivity index (χ3v) is 2.59. The molecule has 7 nitrogen and oxygen atoms in total. The lowest BCUT2D eigenvalue weighted by Crippen LogP contribution is -2.34. The molecule has 100 valence electrons. The van der Waals surface area contributed by atoms with Gasteiger partial charge in [-0.2, -0.15) is 5.26 Å². The molecule has 0 amide bonds. The van der Waals surface area contributed by atoms with Crippen LogP contribution in [0.15, 0.2) is 12.1 Å². The lowest BCUT2D eigenvalue weighted by molar-refractivity contribution is -0.386. The van der Waals surface area contributed by atoms with Crippen LogP contribution in [-0.4, -0.2) is 22.5 Å². The molecule has 0 aromatic carbocycles. The van der Waals surface area contributed by atoms with E-state index in [2.05, 4.69) is 4.98 Å². The number of rotatable bonds is 4. The van der Waals surface area contributed by atoms with Crippen molar-refractivity contribution in [3.8, 4) is 6.07 Å².